The molecule has 3 heterocycles. The Morgan fingerprint density at radius 1 is 1.00 bits per heavy atom. The zero-order valence-corrected chi connectivity index (χ0v) is 21.8. The maximum absolute atomic E-state index is 13.5. The lowest BCUT2D eigenvalue weighted by Gasteiger charge is -2.52. The molecule has 2 aliphatic carbocycles. The Morgan fingerprint density at radius 3 is 2.49 bits per heavy atom. The van der Waals surface area contributed by atoms with E-state index in [4.69, 9.17) is 4.74 Å². The number of allylic oxidation sites excluding steroid dienone is 1. The van der Waals surface area contributed by atoms with E-state index in [-0.39, 0.29) is 17.4 Å². The van der Waals surface area contributed by atoms with Gasteiger partial charge in [0, 0.05) is 38.1 Å². The highest BCUT2D eigenvalue weighted by Gasteiger charge is 2.45. The second-order valence-corrected chi connectivity index (χ2v) is 11.7. The van der Waals surface area contributed by atoms with Crippen LogP contribution in [0.5, 0.6) is 0 Å². The molecule has 6 heteroatoms. The van der Waals surface area contributed by atoms with Gasteiger partial charge in [-0.2, -0.15) is 0 Å². The number of hydrogen-bond donors (Lipinski definition) is 0. The minimum absolute atomic E-state index is 0.104. The molecule has 1 spiro atoms. The Labute approximate surface area is 211 Å². The molecule has 5 aliphatic rings. The van der Waals surface area contributed by atoms with Gasteiger partial charge in [0.2, 0.25) is 5.91 Å². The number of fused-ring (bicyclic) bond motifs is 1. The highest BCUT2D eigenvalue weighted by Crippen LogP contribution is 2.49. The average molecular weight is 484 g/mol. The van der Waals surface area contributed by atoms with Gasteiger partial charge < -0.3 is 19.4 Å². The van der Waals surface area contributed by atoms with Crippen LogP contribution in [0.3, 0.4) is 0 Å². The fourth-order valence-electron chi connectivity index (χ4n) is 7.44. The molecule has 1 atom stereocenters. The summed E-state index contributed by atoms with van der Waals surface area (Å²) < 4.78 is 5.18. The minimum atomic E-state index is -0.150. The van der Waals surface area contributed by atoms with E-state index in [1.54, 1.807) is 11.1 Å². The van der Waals surface area contributed by atoms with E-state index >= 15 is 0 Å². The van der Waals surface area contributed by atoms with Crippen LogP contribution in [0.25, 0.3) is 0 Å². The lowest BCUT2D eigenvalue weighted by molar-refractivity contribution is -0.136. The average Bonchev–Trinajstić information content (AvgIpc) is 2.91. The fourth-order valence-corrected chi connectivity index (χ4v) is 7.44. The third-order valence-electron chi connectivity index (χ3n) is 9.45. The van der Waals surface area contributed by atoms with Gasteiger partial charge in [0.05, 0.1) is 12.5 Å². The number of likely N-dealkylation sites (tertiary alicyclic amines) is 2. The van der Waals surface area contributed by atoms with Gasteiger partial charge in [-0.3, -0.25) is 4.79 Å². The molecular formula is C29H45N3O3. The number of carbonyl (C=O) groups is 2. The normalized spacial score (nSPS) is 27.7. The summed E-state index contributed by atoms with van der Waals surface area (Å²) in [6.07, 6.45) is 17.1. The van der Waals surface area contributed by atoms with Crippen molar-refractivity contribution in [1.29, 1.82) is 0 Å². The monoisotopic (exact) mass is 483 g/mol. The maximum Gasteiger partial charge on any atom is 0.409 e. The molecular weight excluding hydrogens is 438 g/mol. The lowest BCUT2D eigenvalue weighted by Crippen LogP contribution is -2.54. The summed E-state index contributed by atoms with van der Waals surface area (Å²) in [6.45, 7) is 9.23. The maximum atomic E-state index is 13.5. The number of carbonyl (C=O) groups excluding carboxylic acids is 2. The van der Waals surface area contributed by atoms with E-state index in [1.165, 1.54) is 38.5 Å². The molecule has 0 aromatic heterocycles. The number of hydrogen-bond acceptors (Lipinski definition) is 4. The van der Waals surface area contributed by atoms with Gasteiger partial charge in [0.25, 0.3) is 0 Å². The Balaban J connectivity index is 1.19. The summed E-state index contributed by atoms with van der Waals surface area (Å²) in [4.78, 5) is 32.3. The van der Waals surface area contributed by atoms with Crippen LogP contribution in [0.4, 0.5) is 4.79 Å². The van der Waals surface area contributed by atoms with Crippen LogP contribution < -0.4 is 0 Å². The van der Waals surface area contributed by atoms with E-state index in [0.29, 0.717) is 18.4 Å². The lowest BCUT2D eigenvalue weighted by atomic mass is 9.65. The Bertz CT molecular complexity index is 834. The number of ether oxygens (including phenoxy) is 1. The standard InChI is InChI=1S/C29H45N3O3/c1-2-35-28(34)31-16-12-23(13-17-31)20-30-18-14-29(15-19-30)22-32(21-25-10-6-7-11-26(25)29)27(33)24-8-4-3-5-9-24/h4,8,23-24H,2-3,5-7,9-22H2,1H3. The third kappa shape index (κ3) is 5.47. The predicted molar refractivity (Wildman–Crippen MR) is 138 cm³/mol. The van der Waals surface area contributed by atoms with Gasteiger partial charge >= 0.3 is 6.09 Å². The van der Waals surface area contributed by atoms with Crippen molar-refractivity contribution >= 4 is 12.0 Å². The van der Waals surface area contributed by atoms with Crippen molar-refractivity contribution in [2.45, 2.75) is 77.6 Å². The fraction of sp³-hybridized carbons (Fsp3) is 0.793. The Kier molecular flexibility index (Phi) is 7.86. The van der Waals surface area contributed by atoms with Crippen LogP contribution in [0, 0.1) is 17.3 Å². The molecule has 2 amide bonds. The summed E-state index contributed by atoms with van der Waals surface area (Å²) in [7, 11) is 0. The highest BCUT2D eigenvalue weighted by atomic mass is 16.6. The summed E-state index contributed by atoms with van der Waals surface area (Å²) in [6, 6.07) is 0. The summed E-state index contributed by atoms with van der Waals surface area (Å²) in [5.41, 5.74) is 3.57. The highest BCUT2D eigenvalue weighted by molar-refractivity contribution is 5.81. The zero-order chi connectivity index (χ0) is 24.3. The molecule has 2 fully saturated rings. The molecule has 3 aliphatic heterocycles. The van der Waals surface area contributed by atoms with Crippen LogP contribution in [0.15, 0.2) is 23.3 Å². The van der Waals surface area contributed by atoms with E-state index in [2.05, 4.69) is 22.0 Å². The first-order valence-corrected chi connectivity index (χ1v) is 14.4. The van der Waals surface area contributed by atoms with E-state index < -0.39 is 0 Å². The van der Waals surface area contributed by atoms with Crippen molar-refractivity contribution in [2.75, 3.05) is 52.4 Å². The zero-order valence-electron chi connectivity index (χ0n) is 21.8. The molecule has 5 rings (SSSR count). The smallest absolute Gasteiger partial charge is 0.409 e. The molecule has 0 N–H and O–H groups in total. The van der Waals surface area contributed by atoms with Gasteiger partial charge in [0.15, 0.2) is 0 Å². The molecule has 0 radical (unpaired) electrons. The van der Waals surface area contributed by atoms with Crippen LogP contribution >= 0.6 is 0 Å². The number of rotatable bonds is 4. The van der Waals surface area contributed by atoms with Crippen molar-refractivity contribution in [3.8, 4) is 0 Å². The van der Waals surface area contributed by atoms with Crippen molar-refractivity contribution in [3.05, 3.63) is 23.3 Å². The molecule has 1 unspecified atom stereocenters. The number of amides is 2. The molecule has 194 valence electrons. The second-order valence-electron chi connectivity index (χ2n) is 11.7. The molecule has 35 heavy (non-hydrogen) atoms. The van der Waals surface area contributed by atoms with Crippen molar-refractivity contribution in [3.63, 3.8) is 0 Å². The molecule has 0 aromatic carbocycles. The first-order chi connectivity index (χ1) is 17.1. The Hall–Kier alpha value is -1.82. The second kappa shape index (κ2) is 11.1. The van der Waals surface area contributed by atoms with E-state index in [9.17, 15) is 9.59 Å². The summed E-state index contributed by atoms with van der Waals surface area (Å²) >= 11 is 0. The Morgan fingerprint density at radius 2 is 1.77 bits per heavy atom. The van der Waals surface area contributed by atoms with Gasteiger partial charge in [-0.05, 0) is 96.6 Å². The molecule has 2 saturated heterocycles. The first-order valence-electron chi connectivity index (χ1n) is 14.4. The van der Waals surface area contributed by atoms with Crippen molar-refractivity contribution in [2.24, 2.45) is 17.3 Å². The van der Waals surface area contributed by atoms with Crippen LogP contribution in [0.2, 0.25) is 0 Å². The van der Waals surface area contributed by atoms with E-state index in [0.717, 1.165) is 77.9 Å². The van der Waals surface area contributed by atoms with Gasteiger partial charge in [-0.15, -0.1) is 0 Å². The molecule has 6 nitrogen and oxygen atoms in total. The van der Waals surface area contributed by atoms with Crippen LogP contribution in [-0.4, -0.2) is 79.1 Å². The van der Waals surface area contributed by atoms with Gasteiger partial charge in [0.1, 0.15) is 0 Å². The minimum Gasteiger partial charge on any atom is -0.450 e. The molecule has 0 bridgehead atoms. The van der Waals surface area contributed by atoms with Crippen LogP contribution in [-0.2, 0) is 9.53 Å². The van der Waals surface area contributed by atoms with Gasteiger partial charge in [-0.25, -0.2) is 4.79 Å². The first kappa shape index (κ1) is 24.9. The molecule has 0 aromatic rings. The SMILES string of the molecule is CCOC(=O)N1CCC(CN2CCC3(CC2)CN(C(=O)C2C=CCCC2)CC2=C3CCCC2)CC1. The van der Waals surface area contributed by atoms with E-state index in [1.807, 2.05) is 11.8 Å². The summed E-state index contributed by atoms with van der Waals surface area (Å²) in [5, 5.41) is 0. The largest absolute Gasteiger partial charge is 0.450 e. The number of nitrogens with zero attached hydrogens (tertiary/aromatic N) is 3. The van der Waals surface area contributed by atoms with Crippen LogP contribution in [0.1, 0.15) is 77.6 Å². The molecule has 0 saturated carbocycles. The third-order valence-corrected chi connectivity index (χ3v) is 9.45. The van der Waals surface area contributed by atoms with Crippen molar-refractivity contribution < 1.29 is 14.3 Å². The summed E-state index contributed by atoms with van der Waals surface area (Å²) in [5.74, 6) is 1.15. The predicted octanol–water partition coefficient (Wildman–Crippen LogP) is 5.01. The van der Waals surface area contributed by atoms with Gasteiger partial charge in [-0.1, -0.05) is 23.3 Å². The van der Waals surface area contributed by atoms with Crippen molar-refractivity contribution in [1.82, 2.24) is 14.7 Å². The topological polar surface area (TPSA) is 53.1 Å². The number of piperidine rings is 2. The quantitative estimate of drug-likeness (QED) is 0.528.